The molecule has 1 heterocycles. The van der Waals surface area contributed by atoms with Crippen LogP contribution in [0.4, 0.5) is 5.82 Å². The average molecular weight is 265 g/mol. The summed E-state index contributed by atoms with van der Waals surface area (Å²) in [6.07, 6.45) is 5.52. The van der Waals surface area contributed by atoms with Crippen molar-refractivity contribution in [2.75, 3.05) is 12.3 Å². The van der Waals surface area contributed by atoms with E-state index in [-0.39, 0.29) is 5.97 Å². The highest BCUT2D eigenvalue weighted by molar-refractivity contribution is 5.90. The van der Waals surface area contributed by atoms with Gasteiger partial charge >= 0.3 is 5.97 Å². The molecule has 0 unspecified atom stereocenters. The molecule has 2 rings (SSSR count). The number of aryl methyl sites for hydroxylation is 1. The van der Waals surface area contributed by atoms with Crippen molar-refractivity contribution in [2.24, 2.45) is 5.92 Å². The molecule has 0 aliphatic heterocycles. The Kier molecular flexibility index (Phi) is 4.45. The minimum atomic E-state index is -0.349. The Hall–Kier alpha value is -1.52. The number of nitrogen functional groups attached to an aromatic ring is 1. The average Bonchev–Trinajstić information content (AvgIpc) is 2.63. The van der Waals surface area contributed by atoms with Crippen LogP contribution in [0.2, 0.25) is 0 Å². The second-order valence-corrected chi connectivity index (χ2v) is 5.16. The van der Waals surface area contributed by atoms with Gasteiger partial charge in [-0.1, -0.05) is 26.2 Å². The van der Waals surface area contributed by atoms with E-state index in [1.165, 1.54) is 19.3 Å². The number of esters is 1. The number of rotatable bonds is 6. The molecule has 1 aliphatic rings. The smallest absolute Gasteiger partial charge is 0.359 e. The fourth-order valence-corrected chi connectivity index (χ4v) is 2.44. The van der Waals surface area contributed by atoms with Crippen LogP contribution in [0.5, 0.6) is 0 Å². The summed E-state index contributed by atoms with van der Waals surface area (Å²) in [5, 5.41) is 4.35. The predicted octanol–water partition coefficient (Wildman–Crippen LogP) is 2.39. The van der Waals surface area contributed by atoms with Gasteiger partial charge in [0.15, 0.2) is 5.69 Å². The molecule has 0 aromatic carbocycles. The SMILES string of the molecule is CCCn1nc(C(=O)OCC)c(CC2CCC2)c1N. The van der Waals surface area contributed by atoms with Crippen molar-refractivity contribution in [1.82, 2.24) is 9.78 Å². The lowest BCUT2D eigenvalue weighted by molar-refractivity contribution is 0.0516. The lowest BCUT2D eigenvalue weighted by Crippen LogP contribution is -2.17. The second-order valence-electron chi connectivity index (χ2n) is 5.16. The molecule has 0 spiro atoms. The normalized spacial score (nSPS) is 15.3. The van der Waals surface area contributed by atoms with Gasteiger partial charge in [-0.25, -0.2) is 9.48 Å². The van der Waals surface area contributed by atoms with Gasteiger partial charge in [0.25, 0.3) is 0 Å². The number of aromatic nitrogens is 2. The highest BCUT2D eigenvalue weighted by atomic mass is 16.5. The third-order valence-electron chi connectivity index (χ3n) is 3.72. The Morgan fingerprint density at radius 3 is 2.74 bits per heavy atom. The van der Waals surface area contributed by atoms with Crippen LogP contribution in [0.15, 0.2) is 0 Å². The Labute approximate surface area is 114 Å². The van der Waals surface area contributed by atoms with E-state index in [1.807, 2.05) is 0 Å². The van der Waals surface area contributed by atoms with Crippen molar-refractivity contribution < 1.29 is 9.53 Å². The molecule has 2 N–H and O–H groups in total. The van der Waals surface area contributed by atoms with Gasteiger partial charge in [0.05, 0.1) is 6.61 Å². The molecule has 1 aromatic rings. The first-order valence-corrected chi connectivity index (χ1v) is 7.19. The van der Waals surface area contributed by atoms with E-state index in [1.54, 1.807) is 11.6 Å². The zero-order chi connectivity index (χ0) is 13.8. The van der Waals surface area contributed by atoms with Crippen LogP contribution in [0.3, 0.4) is 0 Å². The lowest BCUT2D eigenvalue weighted by atomic mass is 9.81. The molecule has 19 heavy (non-hydrogen) atoms. The topological polar surface area (TPSA) is 70.1 Å². The molecular weight excluding hydrogens is 242 g/mol. The van der Waals surface area contributed by atoms with Gasteiger partial charge in [0.1, 0.15) is 5.82 Å². The zero-order valence-electron chi connectivity index (χ0n) is 11.8. The number of nitrogens with two attached hydrogens (primary N) is 1. The molecular formula is C14H23N3O2. The summed E-state index contributed by atoms with van der Waals surface area (Å²) in [5.41, 5.74) is 7.45. The molecule has 1 saturated carbocycles. The first-order valence-electron chi connectivity index (χ1n) is 7.19. The molecule has 1 aromatic heterocycles. The number of nitrogens with zero attached hydrogens (tertiary/aromatic N) is 2. The van der Waals surface area contributed by atoms with Crippen LogP contribution in [0, 0.1) is 5.92 Å². The highest BCUT2D eigenvalue weighted by Gasteiger charge is 2.27. The van der Waals surface area contributed by atoms with Crippen LogP contribution in [-0.2, 0) is 17.7 Å². The zero-order valence-corrected chi connectivity index (χ0v) is 11.8. The fraction of sp³-hybridized carbons (Fsp3) is 0.714. The lowest BCUT2D eigenvalue weighted by Gasteiger charge is -2.25. The monoisotopic (exact) mass is 265 g/mol. The number of anilines is 1. The molecule has 1 aliphatic carbocycles. The Morgan fingerprint density at radius 1 is 1.47 bits per heavy atom. The first-order chi connectivity index (χ1) is 9.17. The van der Waals surface area contributed by atoms with Gasteiger partial charge < -0.3 is 10.5 Å². The standard InChI is InChI=1S/C14H23N3O2/c1-3-8-17-13(15)11(9-10-6-5-7-10)12(16-17)14(18)19-4-2/h10H,3-9,15H2,1-2H3. The van der Waals surface area contributed by atoms with E-state index in [4.69, 9.17) is 10.5 Å². The van der Waals surface area contributed by atoms with Gasteiger partial charge in [-0.2, -0.15) is 5.10 Å². The maximum absolute atomic E-state index is 12.0. The highest BCUT2D eigenvalue weighted by Crippen LogP contribution is 2.32. The van der Waals surface area contributed by atoms with E-state index in [0.717, 1.165) is 24.9 Å². The van der Waals surface area contributed by atoms with Crippen molar-refractivity contribution in [3.05, 3.63) is 11.3 Å². The molecule has 5 heteroatoms. The molecule has 5 nitrogen and oxygen atoms in total. The fourth-order valence-electron chi connectivity index (χ4n) is 2.44. The third kappa shape index (κ3) is 2.91. The van der Waals surface area contributed by atoms with Crippen molar-refractivity contribution in [2.45, 2.75) is 52.5 Å². The van der Waals surface area contributed by atoms with E-state index in [9.17, 15) is 4.79 Å². The van der Waals surface area contributed by atoms with Crippen molar-refractivity contribution in [3.63, 3.8) is 0 Å². The second kappa shape index (κ2) is 6.08. The van der Waals surface area contributed by atoms with Gasteiger partial charge in [0, 0.05) is 12.1 Å². The quantitative estimate of drug-likeness (QED) is 0.802. The van der Waals surface area contributed by atoms with E-state index in [2.05, 4.69) is 12.0 Å². The molecule has 0 radical (unpaired) electrons. The van der Waals surface area contributed by atoms with Crippen LogP contribution >= 0.6 is 0 Å². The summed E-state index contributed by atoms with van der Waals surface area (Å²) >= 11 is 0. The van der Waals surface area contributed by atoms with Gasteiger partial charge in [-0.05, 0) is 25.7 Å². The van der Waals surface area contributed by atoms with Crippen molar-refractivity contribution in [3.8, 4) is 0 Å². The Balaban J connectivity index is 2.26. The van der Waals surface area contributed by atoms with Crippen LogP contribution in [0.25, 0.3) is 0 Å². The summed E-state index contributed by atoms with van der Waals surface area (Å²) in [5.74, 6) is 0.935. The van der Waals surface area contributed by atoms with Crippen molar-refractivity contribution >= 4 is 11.8 Å². The molecule has 0 bridgehead atoms. The van der Waals surface area contributed by atoms with E-state index < -0.39 is 0 Å². The molecule has 1 fully saturated rings. The summed E-state index contributed by atoms with van der Waals surface area (Å²) in [7, 11) is 0. The molecule has 0 amide bonds. The largest absolute Gasteiger partial charge is 0.461 e. The predicted molar refractivity (Wildman–Crippen MR) is 73.9 cm³/mol. The number of hydrogen-bond donors (Lipinski definition) is 1. The molecule has 0 atom stereocenters. The number of carbonyl (C=O) groups is 1. The van der Waals surface area contributed by atoms with Crippen LogP contribution < -0.4 is 5.73 Å². The number of ether oxygens (including phenoxy) is 1. The van der Waals surface area contributed by atoms with Gasteiger partial charge in [-0.15, -0.1) is 0 Å². The minimum Gasteiger partial charge on any atom is -0.461 e. The number of carbonyl (C=O) groups excluding carboxylic acids is 1. The van der Waals surface area contributed by atoms with Crippen molar-refractivity contribution in [1.29, 1.82) is 0 Å². The summed E-state index contributed by atoms with van der Waals surface area (Å²) < 4.78 is 6.81. The number of hydrogen-bond acceptors (Lipinski definition) is 4. The minimum absolute atomic E-state index is 0.349. The summed E-state index contributed by atoms with van der Waals surface area (Å²) in [6, 6.07) is 0. The summed E-state index contributed by atoms with van der Waals surface area (Å²) in [4.78, 5) is 12.0. The molecule has 106 valence electrons. The maximum Gasteiger partial charge on any atom is 0.359 e. The van der Waals surface area contributed by atoms with Gasteiger partial charge in [-0.3, -0.25) is 0 Å². The Bertz CT molecular complexity index is 450. The van der Waals surface area contributed by atoms with E-state index >= 15 is 0 Å². The third-order valence-corrected chi connectivity index (χ3v) is 3.72. The molecule has 0 saturated heterocycles. The Morgan fingerprint density at radius 2 is 2.21 bits per heavy atom. The van der Waals surface area contributed by atoms with E-state index in [0.29, 0.717) is 24.0 Å². The van der Waals surface area contributed by atoms with Gasteiger partial charge in [0.2, 0.25) is 0 Å². The van der Waals surface area contributed by atoms with Crippen LogP contribution in [0.1, 0.15) is 55.6 Å². The summed E-state index contributed by atoms with van der Waals surface area (Å²) in [6.45, 7) is 4.97. The first kappa shape index (κ1) is 13.9. The maximum atomic E-state index is 12.0. The van der Waals surface area contributed by atoms with Crippen LogP contribution in [-0.4, -0.2) is 22.4 Å².